The molecule has 0 saturated carbocycles. The number of hydrogen-bond acceptors (Lipinski definition) is 2. The van der Waals surface area contributed by atoms with E-state index in [1.165, 1.54) is 11.1 Å². The van der Waals surface area contributed by atoms with Crippen LogP contribution in [0.4, 0.5) is 0 Å². The lowest BCUT2D eigenvalue weighted by Gasteiger charge is -2.25. The van der Waals surface area contributed by atoms with Crippen LogP contribution in [0.3, 0.4) is 0 Å². The smallest absolute Gasteiger partial charge is 0.323 e. The van der Waals surface area contributed by atoms with Gasteiger partial charge in [0, 0.05) is 0 Å². The minimum absolute atomic E-state index is 0.304. The highest BCUT2D eigenvalue weighted by molar-refractivity contribution is 5.77. The number of nitrogens with two attached hydrogens (primary N) is 1. The summed E-state index contributed by atoms with van der Waals surface area (Å²) in [6, 6.07) is 8.34. The van der Waals surface area contributed by atoms with Crippen molar-refractivity contribution >= 4 is 5.97 Å². The van der Waals surface area contributed by atoms with Crippen LogP contribution in [0.15, 0.2) is 24.3 Å². The highest BCUT2D eigenvalue weighted by Crippen LogP contribution is 2.22. The topological polar surface area (TPSA) is 63.3 Å². The molecule has 1 rings (SSSR count). The van der Waals surface area contributed by atoms with Crippen LogP contribution < -0.4 is 5.73 Å². The third-order valence-corrected chi connectivity index (χ3v) is 3.39. The number of rotatable bonds is 6. The van der Waals surface area contributed by atoms with E-state index in [9.17, 15) is 4.79 Å². The van der Waals surface area contributed by atoms with Crippen LogP contribution in [-0.2, 0) is 11.2 Å². The van der Waals surface area contributed by atoms with E-state index in [0.29, 0.717) is 12.3 Å². The molecule has 0 spiro atoms. The fourth-order valence-corrected chi connectivity index (χ4v) is 2.22. The largest absolute Gasteiger partial charge is 0.480 e. The number of aryl methyl sites for hydroxylation is 1. The van der Waals surface area contributed by atoms with Crippen LogP contribution >= 0.6 is 0 Å². The molecular weight excluding hydrogens is 226 g/mol. The Labute approximate surface area is 109 Å². The zero-order valence-electron chi connectivity index (χ0n) is 11.4. The first-order valence-electron chi connectivity index (χ1n) is 6.43. The highest BCUT2D eigenvalue weighted by Gasteiger charge is 2.30. The molecule has 3 N–H and O–H groups in total. The minimum Gasteiger partial charge on any atom is -0.480 e. The molecule has 0 heterocycles. The standard InChI is InChI=1S/C15H23NO2/c1-4-12(10-15(3,16)14(17)18)9-13-7-5-6-11(2)8-13/h5-8,12H,4,9-10,16H2,1-3H3,(H,17,18). The lowest BCUT2D eigenvalue weighted by Crippen LogP contribution is -2.46. The van der Waals surface area contributed by atoms with Crippen molar-refractivity contribution in [2.45, 2.75) is 45.6 Å². The molecule has 0 fully saturated rings. The van der Waals surface area contributed by atoms with E-state index < -0.39 is 11.5 Å². The zero-order valence-corrected chi connectivity index (χ0v) is 11.4. The van der Waals surface area contributed by atoms with Crippen molar-refractivity contribution in [2.24, 2.45) is 11.7 Å². The maximum atomic E-state index is 11.1. The fourth-order valence-electron chi connectivity index (χ4n) is 2.22. The molecule has 18 heavy (non-hydrogen) atoms. The number of benzene rings is 1. The first-order chi connectivity index (χ1) is 8.35. The van der Waals surface area contributed by atoms with Gasteiger partial charge in [-0.05, 0) is 38.2 Å². The molecule has 0 aliphatic heterocycles. The Kier molecular flexibility index (Phi) is 4.91. The lowest BCUT2D eigenvalue weighted by atomic mass is 9.84. The maximum Gasteiger partial charge on any atom is 0.323 e. The number of carbonyl (C=O) groups is 1. The second-order valence-corrected chi connectivity index (χ2v) is 5.39. The number of carboxylic acids is 1. The van der Waals surface area contributed by atoms with Crippen molar-refractivity contribution < 1.29 is 9.90 Å². The van der Waals surface area contributed by atoms with Gasteiger partial charge in [-0.1, -0.05) is 43.2 Å². The Balaban J connectivity index is 2.71. The summed E-state index contributed by atoms with van der Waals surface area (Å²) in [4.78, 5) is 11.1. The summed E-state index contributed by atoms with van der Waals surface area (Å²) in [5, 5.41) is 9.07. The summed E-state index contributed by atoms with van der Waals surface area (Å²) in [5.41, 5.74) is 7.17. The van der Waals surface area contributed by atoms with Gasteiger partial charge >= 0.3 is 5.97 Å². The first-order valence-corrected chi connectivity index (χ1v) is 6.43. The molecule has 0 aromatic heterocycles. The van der Waals surface area contributed by atoms with Gasteiger partial charge in [0.1, 0.15) is 5.54 Å². The number of hydrogen-bond donors (Lipinski definition) is 2. The molecule has 3 heteroatoms. The second-order valence-electron chi connectivity index (χ2n) is 5.39. The molecule has 2 atom stereocenters. The summed E-state index contributed by atoms with van der Waals surface area (Å²) >= 11 is 0. The van der Waals surface area contributed by atoms with E-state index in [-0.39, 0.29) is 0 Å². The Morgan fingerprint density at radius 1 is 1.50 bits per heavy atom. The Morgan fingerprint density at radius 3 is 2.67 bits per heavy atom. The molecule has 0 aliphatic rings. The van der Waals surface area contributed by atoms with Crippen molar-refractivity contribution in [1.82, 2.24) is 0 Å². The van der Waals surface area contributed by atoms with E-state index in [1.54, 1.807) is 6.92 Å². The Hall–Kier alpha value is -1.35. The van der Waals surface area contributed by atoms with Gasteiger partial charge in [-0.25, -0.2) is 0 Å². The monoisotopic (exact) mass is 249 g/mol. The normalized spacial score (nSPS) is 16.0. The first kappa shape index (κ1) is 14.7. The van der Waals surface area contributed by atoms with Crippen LogP contribution in [0.1, 0.15) is 37.8 Å². The van der Waals surface area contributed by atoms with E-state index in [4.69, 9.17) is 10.8 Å². The van der Waals surface area contributed by atoms with Gasteiger partial charge in [-0.2, -0.15) is 0 Å². The van der Waals surface area contributed by atoms with Gasteiger partial charge in [0.2, 0.25) is 0 Å². The third kappa shape index (κ3) is 4.15. The van der Waals surface area contributed by atoms with Gasteiger partial charge in [-0.3, -0.25) is 4.79 Å². The van der Waals surface area contributed by atoms with Crippen LogP contribution in [0.25, 0.3) is 0 Å². The molecule has 1 aromatic carbocycles. The van der Waals surface area contributed by atoms with Gasteiger partial charge in [-0.15, -0.1) is 0 Å². The van der Waals surface area contributed by atoms with Crippen LogP contribution in [0.2, 0.25) is 0 Å². The summed E-state index contributed by atoms with van der Waals surface area (Å²) in [7, 11) is 0. The highest BCUT2D eigenvalue weighted by atomic mass is 16.4. The van der Waals surface area contributed by atoms with Gasteiger partial charge in [0.05, 0.1) is 0 Å². The Bertz CT molecular complexity index is 413. The molecule has 0 saturated heterocycles. The maximum absolute atomic E-state index is 11.1. The third-order valence-electron chi connectivity index (χ3n) is 3.39. The molecular formula is C15H23NO2. The summed E-state index contributed by atoms with van der Waals surface area (Å²) in [6.07, 6.45) is 2.33. The molecule has 0 bridgehead atoms. The van der Waals surface area contributed by atoms with Crippen LogP contribution in [0.5, 0.6) is 0 Å². The summed E-state index contributed by atoms with van der Waals surface area (Å²) < 4.78 is 0. The molecule has 2 unspecified atom stereocenters. The van der Waals surface area contributed by atoms with Crippen molar-refractivity contribution in [2.75, 3.05) is 0 Å². The van der Waals surface area contributed by atoms with Gasteiger partial charge in [0.15, 0.2) is 0 Å². The molecule has 100 valence electrons. The van der Waals surface area contributed by atoms with Crippen molar-refractivity contribution in [3.63, 3.8) is 0 Å². The molecule has 3 nitrogen and oxygen atoms in total. The van der Waals surface area contributed by atoms with Crippen molar-refractivity contribution in [3.8, 4) is 0 Å². The number of carboxylic acid groups (broad SMARTS) is 1. The van der Waals surface area contributed by atoms with Gasteiger partial charge in [0.25, 0.3) is 0 Å². The van der Waals surface area contributed by atoms with Crippen molar-refractivity contribution in [1.29, 1.82) is 0 Å². The molecule has 1 aromatic rings. The molecule has 0 radical (unpaired) electrons. The molecule has 0 amide bonds. The quantitative estimate of drug-likeness (QED) is 0.814. The van der Waals surface area contributed by atoms with E-state index >= 15 is 0 Å². The van der Waals surface area contributed by atoms with Crippen LogP contribution in [0, 0.1) is 12.8 Å². The fraction of sp³-hybridized carbons (Fsp3) is 0.533. The van der Waals surface area contributed by atoms with Gasteiger partial charge < -0.3 is 10.8 Å². The SMILES string of the molecule is CCC(Cc1cccc(C)c1)CC(C)(N)C(=O)O. The summed E-state index contributed by atoms with van der Waals surface area (Å²) in [6.45, 7) is 5.74. The second kappa shape index (κ2) is 6.01. The minimum atomic E-state index is -1.13. The van der Waals surface area contributed by atoms with Crippen molar-refractivity contribution in [3.05, 3.63) is 35.4 Å². The van der Waals surface area contributed by atoms with E-state index in [2.05, 4.69) is 32.0 Å². The van der Waals surface area contributed by atoms with Crippen LogP contribution in [-0.4, -0.2) is 16.6 Å². The lowest BCUT2D eigenvalue weighted by molar-refractivity contribution is -0.143. The zero-order chi connectivity index (χ0) is 13.8. The van der Waals surface area contributed by atoms with E-state index in [1.807, 2.05) is 6.07 Å². The average molecular weight is 249 g/mol. The average Bonchev–Trinajstić information content (AvgIpc) is 2.27. The molecule has 0 aliphatic carbocycles. The Morgan fingerprint density at radius 2 is 2.17 bits per heavy atom. The van der Waals surface area contributed by atoms with E-state index in [0.717, 1.165) is 12.8 Å². The summed E-state index contributed by atoms with van der Waals surface area (Å²) in [5.74, 6) is -0.622. The number of aliphatic carboxylic acids is 1. The predicted octanol–water partition coefficient (Wildman–Crippen LogP) is 2.76. The predicted molar refractivity (Wildman–Crippen MR) is 73.5 cm³/mol.